The van der Waals surface area contributed by atoms with Crippen molar-refractivity contribution in [2.24, 2.45) is 0 Å². The molecule has 1 amide bonds. The lowest BCUT2D eigenvalue weighted by molar-refractivity contribution is -0.105. The zero-order chi connectivity index (χ0) is 12.4. The zero-order valence-corrected chi connectivity index (χ0v) is 9.55. The molecular formula is C14H11NO3. The average molecular weight is 241 g/mol. The van der Waals surface area contributed by atoms with Crippen LogP contribution in [0.4, 0.5) is 5.69 Å². The Bertz CT molecular complexity index is 595. The van der Waals surface area contributed by atoms with Gasteiger partial charge in [-0.15, -0.1) is 0 Å². The number of anilines is 1. The number of para-hydroxylation sites is 2. The van der Waals surface area contributed by atoms with Crippen LogP contribution in [-0.4, -0.2) is 6.41 Å². The molecule has 0 saturated heterocycles. The SMILES string of the molecule is O=CNc1ccc2c(c1)COc1ccccc1O2. The van der Waals surface area contributed by atoms with Gasteiger partial charge in [-0.2, -0.15) is 0 Å². The predicted molar refractivity (Wildman–Crippen MR) is 67.0 cm³/mol. The van der Waals surface area contributed by atoms with E-state index in [4.69, 9.17) is 9.47 Å². The Morgan fingerprint density at radius 2 is 1.89 bits per heavy atom. The molecule has 2 aromatic rings. The van der Waals surface area contributed by atoms with Crippen molar-refractivity contribution in [1.29, 1.82) is 0 Å². The Balaban J connectivity index is 1.98. The van der Waals surface area contributed by atoms with E-state index in [2.05, 4.69) is 5.32 Å². The van der Waals surface area contributed by atoms with Gasteiger partial charge in [0.05, 0.1) is 0 Å². The molecule has 18 heavy (non-hydrogen) atoms. The van der Waals surface area contributed by atoms with Crippen LogP contribution in [0, 0.1) is 0 Å². The van der Waals surface area contributed by atoms with Gasteiger partial charge in [-0.25, -0.2) is 0 Å². The third-order valence-electron chi connectivity index (χ3n) is 2.74. The molecule has 1 N–H and O–H groups in total. The van der Waals surface area contributed by atoms with Crippen molar-refractivity contribution in [2.75, 3.05) is 5.32 Å². The minimum absolute atomic E-state index is 0.417. The van der Waals surface area contributed by atoms with Crippen LogP contribution in [0.15, 0.2) is 42.5 Å². The second kappa shape index (κ2) is 4.41. The quantitative estimate of drug-likeness (QED) is 0.822. The maximum Gasteiger partial charge on any atom is 0.211 e. The van der Waals surface area contributed by atoms with Gasteiger partial charge in [0.25, 0.3) is 0 Å². The number of benzene rings is 2. The summed E-state index contributed by atoms with van der Waals surface area (Å²) in [6.45, 7) is 0.417. The molecule has 2 aromatic carbocycles. The fourth-order valence-corrected chi connectivity index (χ4v) is 1.88. The molecule has 0 atom stereocenters. The topological polar surface area (TPSA) is 47.6 Å². The molecule has 1 aliphatic heterocycles. The van der Waals surface area contributed by atoms with E-state index < -0.39 is 0 Å². The highest BCUT2D eigenvalue weighted by atomic mass is 16.5. The van der Waals surface area contributed by atoms with Gasteiger partial charge in [0.15, 0.2) is 11.5 Å². The largest absolute Gasteiger partial charge is 0.485 e. The van der Waals surface area contributed by atoms with Crippen LogP contribution in [0.5, 0.6) is 17.2 Å². The highest BCUT2D eigenvalue weighted by Crippen LogP contribution is 2.37. The fraction of sp³-hybridized carbons (Fsp3) is 0.0714. The third-order valence-corrected chi connectivity index (χ3v) is 2.74. The normalized spacial score (nSPS) is 12.2. The lowest BCUT2D eigenvalue weighted by Gasteiger charge is -2.07. The summed E-state index contributed by atoms with van der Waals surface area (Å²) in [5.41, 5.74) is 1.62. The molecule has 0 saturated carbocycles. The van der Waals surface area contributed by atoms with E-state index in [1.807, 2.05) is 36.4 Å². The lowest BCUT2D eigenvalue weighted by Crippen LogP contribution is -1.97. The van der Waals surface area contributed by atoms with Crippen molar-refractivity contribution in [3.8, 4) is 17.2 Å². The van der Waals surface area contributed by atoms with Crippen LogP contribution in [0.3, 0.4) is 0 Å². The molecular weight excluding hydrogens is 230 g/mol. The number of fused-ring (bicyclic) bond motifs is 2. The smallest absolute Gasteiger partial charge is 0.211 e. The van der Waals surface area contributed by atoms with Gasteiger partial charge in [-0.05, 0) is 30.3 Å². The van der Waals surface area contributed by atoms with E-state index >= 15 is 0 Å². The van der Waals surface area contributed by atoms with Crippen LogP contribution in [0.1, 0.15) is 5.56 Å². The first-order chi connectivity index (χ1) is 8.86. The second-order valence-corrected chi connectivity index (χ2v) is 3.92. The molecule has 0 radical (unpaired) electrons. The third kappa shape index (κ3) is 1.88. The van der Waals surface area contributed by atoms with E-state index in [0.717, 1.165) is 22.7 Å². The fourth-order valence-electron chi connectivity index (χ4n) is 1.88. The molecule has 3 rings (SSSR count). The van der Waals surface area contributed by atoms with Crippen LogP contribution in [-0.2, 0) is 11.4 Å². The van der Waals surface area contributed by atoms with Crippen molar-refractivity contribution >= 4 is 12.1 Å². The van der Waals surface area contributed by atoms with E-state index in [1.165, 1.54) is 0 Å². The summed E-state index contributed by atoms with van der Waals surface area (Å²) in [7, 11) is 0. The highest BCUT2D eigenvalue weighted by molar-refractivity contribution is 5.72. The van der Waals surface area contributed by atoms with Gasteiger partial charge in [0, 0.05) is 11.3 Å². The molecule has 0 bridgehead atoms. The van der Waals surface area contributed by atoms with Gasteiger partial charge in [0.2, 0.25) is 6.41 Å². The maximum atomic E-state index is 10.4. The van der Waals surface area contributed by atoms with Crippen LogP contribution >= 0.6 is 0 Å². The second-order valence-electron chi connectivity index (χ2n) is 3.92. The average Bonchev–Trinajstić information content (AvgIpc) is 2.58. The van der Waals surface area contributed by atoms with Gasteiger partial charge < -0.3 is 14.8 Å². The van der Waals surface area contributed by atoms with E-state index in [-0.39, 0.29) is 0 Å². The summed E-state index contributed by atoms with van der Waals surface area (Å²) in [5, 5.41) is 2.61. The van der Waals surface area contributed by atoms with Gasteiger partial charge in [-0.1, -0.05) is 12.1 Å². The summed E-state index contributed by atoms with van der Waals surface area (Å²) in [6.07, 6.45) is 0.648. The van der Waals surface area contributed by atoms with Crippen molar-refractivity contribution in [3.63, 3.8) is 0 Å². The Hall–Kier alpha value is -2.49. The molecule has 0 aromatic heterocycles. The molecule has 90 valence electrons. The molecule has 0 spiro atoms. The number of carbonyl (C=O) groups is 1. The highest BCUT2D eigenvalue weighted by Gasteiger charge is 2.15. The molecule has 0 aliphatic carbocycles. The van der Waals surface area contributed by atoms with Gasteiger partial charge in [-0.3, -0.25) is 4.79 Å². The molecule has 4 heteroatoms. The van der Waals surface area contributed by atoms with Crippen molar-refractivity contribution < 1.29 is 14.3 Å². The van der Waals surface area contributed by atoms with Crippen LogP contribution in [0.2, 0.25) is 0 Å². The summed E-state index contributed by atoms with van der Waals surface area (Å²) >= 11 is 0. The minimum atomic E-state index is 0.417. The molecule has 0 fully saturated rings. The summed E-state index contributed by atoms with van der Waals surface area (Å²) < 4.78 is 11.5. The standard InChI is InChI=1S/C14H11NO3/c16-9-15-11-5-6-12-10(7-11)8-17-13-3-1-2-4-14(13)18-12/h1-7,9H,8H2,(H,15,16). The Kier molecular flexibility index (Phi) is 2.61. The summed E-state index contributed by atoms with van der Waals surface area (Å²) in [4.78, 5) is 10.4. The Morgan fingerprint density at radius 1 is 1.06 bits per heavy atom. The number of amides is 1. The summed E-state index contributed by atoms with van der Waals surface area (Å²) in [5.74, 6) is 2.17. The predicted octanol–water partition coefficient (Wildman–Crippen LogP) is 2.94. The first-order valence-corrected chi connectivity index (χ1v) is 5.59. The first kappa shape index (κ1) is 10.7. The maximum absolute atomic E-state index is 10.4. The number of hydrogen-bond donors (Lipinski definition) is 1. The first-order valence-electron chi connectivity index (χ1n) is 5.59. The summed E-state index contributed by atoms with van der Waals surface area (Å²) in [6, 6.07) is 13.0. The van der Waals surface area contributed by atoms with Crippen molar-refractivity contribution in [1.82, 2.24) is 0 Å². The molecule has 1 heterocycles. The van der Waals surface area contributed by atoms with E-state index in [9.17, 15) is 4.79 Å². The molecule has 1 aliphatic rings. The van der Waals surface area contributed by atoms with E-state index in [0.29, 0.717) is 18.8 Å². The van der Waals surface area contributed by atoms with Gasteiger partial charge >= 0.3 is 0 Å². The van der Waals surface area contributed by atoms with Crippen LogP contribution < -0.4 is 14.8 Å². The number of hydrogen-bond acceptors (Lipinski definition) is 3. The number of nitrogens with one attached hydrogen (secondary N) is 1. The number of ether oxygens (including phenoxy) is 2. The van der Waals surface area contributed by atoms with E-state index in [1.54, 1.807) is 6.07 Å². The zero-order valence-electron chi connectivity index (χ0n) is 9.55. The minimum Gasteiger partial charge on any atom is -0.485 e. The molecule has 4 nitrogen and oxygen atoms in total. The number of carbonyl (C=O) groups excluding carboxylic acids is 1. The van der Waals surface area contributed by atoms with Crippen molar-refractivity contribution in [3.05, 3.63) is 48.0 Å². The van der Waals surface area contributed by atoms with Crippen LogP contribution in [0.25, 0.3) is 0 Å². The Labute approximate surface area is 104 Å². The van der Waals surface area contributed by atoms with Crippen molar-refractivity contribution in [2.45, 2.75) is 6.61 Å². The van der Waals surface area contributed by atoms with Gasteiger partial charge in [0.1, 0.15) is 12.4 Å². The Morgan fingerprint density at radius 3 is 2.72 bits per heavy atom. The lowest BCUT2D eigenvalue weighted by atomic mass is 10.2. The monoisotopic (exact) mass is 241 g/mol. The molecule has 0 unspecified atom stereocenters. The number of rotatable bonds is 2.